The van der Waals surface area contributed by atoms with E-state index < -0.39 is 6.29 Å². The Hall–Kier alpha value is -1.17. The van der Waals surface area contributed by atoms with Crippen LogP contribution in [0.15, 0.2) is 12.3 Å². The number of rotatable bonds is 2. The van der Waals surface area contributed by atoms with Crippen LogP contribution in [0.25, 0.3) is 0 Å². The Labute approximate surface area is 80.1 Å². The lowest BCUT2D eigenvalue weighted by Crippen LogP contribution is -1.97. The summed E-state index contributed by atoms with van der Waals surface area (Å²) in [6.07, 6.45) is -0.208. The lowest BCUT2D eigenvalue weighted by molar-refractivity contribution is -0.0428. The van der Waals surface area contributed by atoms with Gasteiger partial charge in [-0.25, -0.2) is 4.98 Å². The molecule has 0 fully saturated rings. The topological polar surface area (TPSA) is 90.7 Å². The van der Waals surface area contributed by atoms with Gasteiger partial charge >= 0.3 is 0 Å². The third kappa shape index (κ3) is 2.66. The molecular weight excluding hydrogens is 198 g/mol. The average Bonchev–Trinajstić information content (AvgIpc) is 2.04. The number of hydrogen-bond acceptors (Lipinski definition) is 5. The van der Waals surface area contributed by atoms with Crippen molar-refractivity contribution < 1.29 is 20.1 Å². The largest absolute Gasteiger partial charge is 0.506 e. The standard InChI is InChI=1S/C7H7NO4.ClH/c9-3-5-6(10)1-4(2-8-5)7(11)12;/h1-3,7,10-12H;1H. The maximum absolute atomic E-state index is 10.2. The molecule has 0 saturated carbocycles. The van der Waals surface area contributed by atoms with E-state index in [2.05, 4.69) is 4.98 Å². The van der Waals surface area contributed by atoms with Crippen LogP contribution in [0, 0.1) is 0 Å². The van der Waals surface area contributed by atoms with E-state index in [1.54, 1.807) is 0 Å². The number of nitrogens with zero attached hydrogens (tertiary/aromatic N) is 1. The fourth-order valence-electron chi connectivity index (χ4n) is 0.711. The number of aliphatic hydroxyl groups excluding tert-OH is 1. The van der Waals surface area contributed by atoms with Gasteiger partial charge < -0.3 is 15.3 Å². The van der Waals surface area contributed by atoms with Crippen LogP contribution in [0.2, 0.25) is 0 Å². The van der Waals surface area contributed by atoms with Gasteiger partial charge in [0.05, 0.1) is 0 Å². The van der Waals surface area contributed by atoms with Crippen molar-refractivity contribution in [2.75, 3.05) is 0 Å². The van der Waals surface area contributed by atoms with Crippen molar-refractivity contribution in [1.29, 1.82) is 0 Å². The van der Waals surface area contributed by atoms with Gasteiger partial charge in [-0.3, -0.25) is 4.79 Å². The maximum Gasteiger partial charge on any atom is 0.180 e. The highest BCUT2D eigenvalue weighted by Crippen LogP contribution is 2.17. The highest BCUT2D eigenvalue weighted by atomic mass is 35.5. The van der Waals surface area contributed by atoms with E-state index in [9.17, 15) is 4.79 Å². The molecule has 72 valence electrons. The second kappa shape index (κ2) is 4.76. The minimum atomic E-state index is -1.69. The summed E-state index contributed by atoms with van der Waals surface area (Å²) in [5.74, 6) is -0.365. The molecule has 0 saturated heterocycles. The highest BCUT2D eigenvalue weighted by molar-refractivity contribution is 5.85. The van der Waals surface area contributed by atoms with Gasteiger partial charge in [0.1, 0.15) is 11.4 Å². The molecular formula is C7H8ClNO4. The second-order valence-corrected chi connectivity index (χ2v) is 2.16. The van der Waals surface area contributed by atoms with Crippen molar-refractivity contribution in [2.45, 2.75) is 6.29 Å². The first kappa shape index (κ1) is 11.8. The summed E-state index contributed by atoms with van der Waals surface area (Å²) in [6.45, 7) is 0. The normalized spacial score (nSPS) is 9.46. The molecule has 0 unspecified atom stereocenters. The smallest absolute Gasteiger partial charge is 0.180 e. The molecule has 0 aliphatic carbocycles. The molecule has 13 heavy (non-hydrogen) atoms. The molecule has 1 aromatic heterocycles. The van der Waals surface area contributed by atoms with Gasteiger partial charge in [0.2, 0.25) is 0 Å². The summed E-state index contributed by atoms with van der Waals surface area (Å²) in [5.41, 5.74) is -0.0856. The van der Waals surface area contributed by atoms with E-state index in [4.69, 9.17) is 15.3 Å². The van der Waals surface area contributed by atoms with Crippen LogP contribution < -0.4 is 0 Å². The van der Waals surface area contributed by atoms with Crippen LogP contribution in [-0.4, -0.2) is 26.6 Å². The van der Waals surface area contributed by atoms with Crippen LogP contribution in [0.5, 0.6) is 5.75 Å². The second-order valence-electron chi connectivity index (χ2n) is 2.16. The van der Waals surface area contributed by atoms with Crippen LogP contribution in [0.4, 0.5) is 0 Å². The minimum Gasteiger partial charge on any atom is -0.506 e. The highest BCUT2D eigenvalue weighted by Gasteiger charge is 2.07. The van der Waals surface area contributed by atoms with Gasteiger partial charge in [0.25, 0.3) is 0 Å². The number of carbonyl (C=O) groups excluding carboxylic acids is 1. The van der Waals surface area contributed by atoms with E-state index in [0.29, 0.717) is 6.29 Å². The zero-order valence-electron chi connectivity index (χ0n) is 6.41. The number of halogens is 1. The first-order valence-corrected chi connectivity index (χ1v) is 3.15. The van der Waals surface area contributed by atoms with Gasteiger partial charge in [-0.15, -0.1) is 12.4 Å². The third-order valence-corrected chi connectivity index (χ3v) is 1.33. The Morgan fingerprint density at radius 3 is 2.46 bits per heavy atom. The summed E-state index contributed by atoms with van der Waals surface area (Å²) in [7, 11) is 0. The van der Waals surface area contributed by atoms with E-state index in [-0.39, 0.29) is 29.4 Å². The third-order valence-electron chi connectivity index (χ3n) is 1.33. The number of aldehydes is 1. The molecule has 3 N–H and O–H groups in total. The molecule has 1 rings (SSSR count). The summed E-state index contributed by atoms with van der Waals surface area (Å²) in [4.78, 5) is 13.6. The maximum atomic E-state index is 10.2. The van der Waals surface area contributed by atoms with Crippen molar-refractivity contribution >= 4 is 18.7 Å². The first-order valence-electron chi connectivity index (χ1n) is 3.15. The van der Waals surface area contributed by atoms with Crippen LogP contribution in [0.1, 0.15) is 22.3 Å². The Morgan fingerprint density at radius 1 is 1.46 bits per heavy atom. The Kier molecular flexibility index (Phi) is 4.33. The zero-order chi connectivity index (χ0) is 9.14. The fourth-order valence-corrected chi connectivity index (χ4v) is 0.711. The number of hydrogen-bond donors (Lipinski definition) is 3. The van der Waals surface area contributed by atoms with E-state index in [0.717, 1.165) is 12.3 Å². The average molecular weight is 206 g/mol. The molecule has 0 atom stereocenters. The molecule has 1 heterocycles. The van der Waals surface area contributed by atoms with Gasteiger partial charge in [-0.1, -0.05) is 0 Å². The van der Waals surface area contributed by atoms with E-state index in [1.165, 1.54) is 0 Å². The Bertz CT molecular complexity index is 303. The van der Waals surface area contributed by atoms with Gasteiger partial charge in [-0.2, -0.15) is 0 Å². The molecule has 0 aliphatic rings. The van der Waals surface area contributed by atoms with Crippen molar-refractivity contribution in [3.8, 4) is 5.75 Å². The minimum absolute atomic E-state index is 0. The van der Waals surface area contributed by atoms with Crippen LogP contribution in [0.3, 0.4) is 0 Å². The number of aliphatic hydroxyl groups is 2. The molecule has 1 aromatic rings. The quantitative estimate of drug-likeness (QED) is 0.467. The predicted octanol–water partition coefficient (Wildman–Crippen LogP) is 0.00470. The van der Waals surface area contributed by atoms with Crippen LogP contribution in [-0.2, 0) is 0 Å². The summed E-state index contributed by atoms with van der Waals surface area (Å²) >= 11 is 0. The Morgan fingerprint density at radius 2 is 2.08 bits per heavy atom. The van der Waals surface area contributed by atoms with Crippen molar-refractivity contribution in [3.05, 3.63) is 23.5 Å². The number of carbonyl (C=O) groups is 1. The SMILES string of the molecule is Cl.O=Cc1ncc(C(O)O)cc1O. The summed E-state index contributed by atoms with van der Waals surface area (Å²) in [6, 6.07) is 1.07. The summed E-state index contributed by atoms with van der Waals surface area (Å²) < 4.78 is 0. The molecule has 0 radical (unpaired) electrons. The molecule has 0 bridgehead atoms. The monoisotopic (exact) mass is 205 g/mol. The number of pyridine rings is 1. The van der Waals surface area contributed by atoms with Crippen molar-refractivity contribution in [2.24, 2.45) is 0 Å². The van der Waals surface area contributed by atoms with Gasteiger partial charge in [-0.05, 0) is 6.07 Å². The molecule has 6 heteroatoms. The number of aromatic hydroxyl groups is 1. The molecule has 0 aliphatic heterocycles. The molecule has 0 spiro atoms. The zero-order valence-corrected chi connectivity index (χ0v) is 7.23. The van der Waals surface area contributed by atoms with E-state index >= 15 is 0 Å². The lowest BCUT2D eigenvalue weighted by atomic mass is 10.2. The van der Waals surface area contributed by atoms with Crippen molar-refractivity contribution in [1.82, 2.24) is 4.98 Å². The molecule has 5 nitrogen and oxygen atoms in total. The fraction of sp³-hybridized carbons (Fsp3) is 0.143. The van der Waals surface area contributed by atoms with E-state index in [1.807, 2.05) is 0 Å². The van der Waals surface area contributed by atoms with Gasteiger partial charge in [0.15, 0.2) is 12.6 Å². The summed E-state index contributed by atoms with van der Waals surface area (Å²) in [5, 5.41) is 26.3. The van der Waals surface area contributed by atoms with Crippen molar-refractivity contribution in [3.63, 3.8) is 0 Å². The lowest BCUT2D eigenvalue weighted by Gasteiger charge is -2.03. The van der Waals surface area contributed by atoms with Gasteiger partial charge in [0, 0.05) is 11.8 Å². The predicted molar refractivity (Wildman–Crippen MR) is 45.7 cm³/mol. The molecule has 0 amide bonds. The Balaban J connectivity index is 0.00000144. The number of aromatic nitrogens is 1. The van der Waals surface area contributed by atoms with Crippen LogP contribution >= 0.6 is 12.4 Å². The molecule has 0 aromatic carbocycles. The first-order chi connectivity index (χ1) is 5.65.